The van der Waals surface area contributed by atoms with E-state index >= 15 is 0 Å². The highest BCUT2D eigenvalue weighted by Crippen LogP contribution is 2.14. The molecule has 0 fully saturated rings. The van der Waals surface area contributed by atoms with Crippen LogP contribution in [0.25, 0.3) is 0 Å². The zero-order valence-corrected chi connectivity index (χ0v) is 11.2. The molecule has 0 rings (SSSR count). The van der Waals surface area contributed by atoms with Crippen molar-refractivity contribution < 1.29 is 18.1 Å². The Balaban J connectivity index is 3.59. The molecular formula is C9H22N2O4Si. The van der Waals surface area contributed by atoms with E-state index in [4.69, 9.17) is 19.0 Å². The minimum absolute atomic E-state index is 0.290. The molecule has 0 aliphatic heterocycles. The van der Waals surface area contributed by atoms with Gasteiger partial charge in [-0.05, 0) is 13.0 Å². The van der Waals surface area contributed by atoms with Crippen molar-refractivity contribution in [3.63, 3.8) is 0 Å². The van der Waals surface area contributed by atoms with Crippen molar-refractivity contribution in [1.82, 2.24) is 5.32 Å². The van der Waals surface area contributed by atoms with E-state index in [0.29, 0.717) is 13.0 Å². The highest BCUT2D eigenvalue weighted by molar-refractivity contribution is 6.60. The zero-order chi connectivity index (χ0) is 12.4. The second kappa shape index (κ2) is 8.65. The fourth-order valence-corrected chi connectivity index (χ4v) is 3.04. The van der Waals surface area contributed by atoms with Crippen molar-refractivity contribution in [1.29, 1.82) is 0 Å². The molecule has 96 valence electrons. The van der Waals surface area contributed by atoms with Crippen LogP contribution in [0.2, 0.25) is 6.04 Å². The number of carbonyl (C=O) groups is 1. The van der Waals surface area contributed by atoms with Gasteiger partial charge in [0.15, 0.2) is 0 Å². The predicted octanol–water partition coefficient (Wildman–Crippen LogP) is -0.280. The number of nitrogens with one attached hydrogen (secondary N) is 1. The van der Waals surface area contributed by atoms with Gasteiger partial charge in [0.2, 0.25) is 5.91 Å². The van der Waals surface area contributed by atoms with Gasteiger partial charge < -0.3 is 24.3 Å². The Morgan fingerprint density at radius 1 is 1.19 bits per heavy atom. The topological polar surface area (TPSA) is 82.8 Å². The molecule has 6 nitrogen and oxygen atoms in total. The van der Waals surface area contributed by atoms with Gasteiger partial charge in [0.05, 0.1) is 0 Å². The summed E-state index contributed by atoms with van der Waals surface area (Å²) in [5, 5.41) is 3.12. The largest absolute Gasteiger partial charge is 0.500 e. The normalized spacial score (nSPS) is 11.7. The molecule has 7 heteroatoms. The molecule has 0 aromatic carbocycles. The standard InChI is InChI=1S/C9H22N2O4Si/c1-13-16(14-2,15-3)8-4-6-11-7-5-9(10)12/h11H,4-8H2,1-3H3,(H2,10,12). The lowest BCUT2D eigenvalue weighted by atomic mass is 10.4. The Morgan fingerprint density at radius 2 is 1.75 bits per heavy atom. The molecule has 3 N–H and O–H groups in total. The summed E-state index contributed by atoms with van der Waals surface area (Å²) in [6, 6.07) is 0.750. The second-order valence-electron chi connectivity index (χ2n) is 3.37. The maximum Gasteiger partial charge on any atom is 0.500 e. The summed E-state index contributed by atoms with van der Waals surface area (Å²) >= 11 is 0. The van der Waals surface area contributed by atoms with Gasteiger partial charge in [-0.15, -0.1) is 0 Å². The molecule has 1 amide bonds. The smallest absolute Gasteiger partial charge is 0.377 e. The third-order valence-corrected chi connectivity index (χ3v) is 5.15. The minimum atomic E-state index is -2.43. The summed E-state index contributed by atoms with van der Waals surface area (Å²) in [4.78, 5) is 10.5. The summed E-state index contributed by atoms with van der Waals surface area (Å²) in [5.74, 6) is -0.290. The first-order valence-corrected chi connectivity index (χ1v) is 7.18. The highest BCUT2D eigenvalue weighted by atomic mass is 28.4. The molecule has 0 spiro atoms. The van der Waals surface area contributed by atoms with E-state index in [0.717, 1.165) is 19.0 Å². The average molecular weight is 250 g/mol. The number of nitrogens with two attached hydrogens (primary N) is 1. The van der Waals surface area contributed by atoms with Crippen molar-refractivity contribution in [2.45, 2.75) is 18.9 Å². The van der Waals surface area contributed by atoms with Gasteiger partial charge >= 0.3 is 8.80 Å². The Labute approximate surface area is 97.8 Å². The van der Waals surface area contributed by atoms with Crippen LogP contribution in [0.3, 0.4) is 0 Å². The van der Waals surface area contributed by atoms with Crippen molar-refractivity contribution in [3.8, 4) is 0 Å². The Hall–Kier alpha value is -0.473. The zero-order valence-electron chi connectivity index (χ0n) is 10.2. The van der Waals surface area contributed by atoms with Crippen LogP contribution < -0.4 is 11.1 Å². The molecule has 0 heterocycles. The van der Waals surface area contributed by atoms with Crippen LogP contribution in [-0.2, 0) is 18.1 Å². The quantitative estimate of drug-likeness (QED) is 0.411. The SMILES string of the molecule is CO[Si](CCCNCCC(N)=O)(OC)OC. The van der Waals surface area contributed by atoms with E-state index in [-0.39, 0.29) is 5.91 Å². The lowest BCUT2D eigenvalue weighted by molar-refractivity contribution is -0.117. The van der Waals surface area contributed by atoms with Crippen molar-refractivity contribution in [2.75, 3.05) is 34.4 Å². The number of hydrogen-bond acceptors (Lipinski definition) is 5. The van der Waals surface area contributed by atoms with E-state index in [2.05, 4.69) is 5.32 Å². The maximum atomic E-state index is 10.5. The molecule has 0 bridgehead atoms. The summed E-state index contributed by atoms with van der Waals surface area (Å²) in [6.45, 7) is 1.40. The van der Waals surface area contributed by atoms with Crippen LogP contribution in [0.15, 0.2) is 0 Å². The molecule has 0 aliphatic rings. The molecule has 16 heavy (non-hydrogen) atoms. The first-order chi connectivity index (χ1) is 7.60. The molecule has 0 aliphatic carbocycles. The third kappa shape index (κ3) is 6.18. The number of amides is 1. The van der Waals surface area contributed by atoms with Gasteiger partial charge in [0.25, 0.3) is 0 Å². The van der Waals surface area contributed by atoms with Crippen molar-refractivity contribution >= 4 is 14.7 Å². The summed E-state index contributed by atoms with van der Waals surface area (Å²) in [6.07, 6.45) is 1.24. The fourth-order valence-electron chi connectivity index (χ4n) is 1.32. The van der Waals surface area contributed by atoms with E-state index in [9.17, 15) is 4.79 Å². The van der Waals surface area contributed by atoms with Crippen LogP contribution in [0.1, 0.15) is 12.8 Å². The van der Waals surface area contributed by atoms with Crippen LogP contribution in [0.4, 0.5) is 0 Å². The first-order valence-electron chi connectivity index (χ1n) is 5.24. The van der Waals surface area contributed by atoms with E-state index < -0.39 is 8.80 Å². The molecule has 0 aromatic rings. The van der Waals surface area contributed by atoms with Crippen LogP contribution >= 0.6 is 0 Å². The molecule has 0 radical (unpaired) electrons. The second-order valence-corrected chi connectivity index (χ2v) is 6.46. The third-order valence-electron chi connectivity index (χ3n) is 2.32. The van der Waals surface area contributed by atoms with Crippen LogP contribution in [0.5, 0.6) is 0 Å². The molecule has 0 atom stereocenters. The summed E-state index contributed by atoms with van der Waals surface area (Å²) in [5.41, 5.74) is 5.01. The summed E-state index contributed by atoms with van der Waals surface area (Å²) in [7, 11) is 2.36. The van der Waals surface area contributed by atoms with Gasteiger partial charge in [-0.1, -0.05) is 0 Å². The minimum Gasteiger partial charge on any atom is -0.377 e. The monoisotopic (exact) mass is 250 g/mol. The Kier molecular flexibility index (Phi) is 8.40. The van der Waals surface area contributed by atoms with E-state index in [1.807, 2.05) is 0 Å². The Bertz CT molecular complexity index is 192. The molecule has 0 unspecified atom stereocenters. The number of carbonyl (C=O) groups excluding carboxylic acids is 1. The highest BCUT2D eigenvalue weighted by Gasteiger charge is 2.36. The number of primary amides is 1. The lowest BCUT2D eigenvalue weighted by Crippen LogP contribution is -2.43. The fraction of sp³-hybridized carbons (Fsp3) is 0.889. The van der Waals surface area contributed by atoms with Gasteiger partial charge in [0, 0.05) is 40.3 Å². The molecular weight excluding hydrogens is 228 g/mol. The average Bonchev–Trinajstić information content (AvgIpc) is 2.29. The van der Waals surface area contributed by atoms with Crippen LogP contribution in [0, 0.1) is 0 Å². The molecule has 0 saturated carbocycles. The van der Waals surface area contributed by atoms with Gasteiger partial charge in [-0.25, -0.2) is 0 Å². The van der Waals surface area contributed by atoms with E-state index in [1.165, 1.54) is 0 Å². The lowest BCUT2D eigenvalue weighted by Gasteiger charge is -2.24. The van der Waals surface area contributed by atoms with Crippen molar-refractivity contribution in [3.05, 3.63) is 0 Å². The molecule has 0 saturated heterocycles. The van der Waals surface area contributed by atoms with Gasteiger partial charge in [0.1, 0.15) is 0 Å². The van der Waals surface area contributed by atoms with Crippen LogP contribution in [-0.4, -0.2) is 49.1 Å². The maximum absolute atomic E-state index is 10.5. The first kappa shape index (κ1) is 15.5. The summed E-state index contributed by atoms with van der Waals surface area (Å²) < 4.78 is 15.8. The molecule has 0 aromatic heterocycles. The van der Waals surface area contributed by atoms with Gasteiger partial charge in [-0.3, -0.25) is 4.79 Å². The number of rotatable bonds is 10. The van der Waals surface area contributed by atoms with Crippen molar-refractivity contribution in [2.24, 2.45) is 5.73 Å². The number of hydrogen-bond donors (Lipinski definition) is 2. The Morgan fingerprint density at radius 3 is 2.19 bits per heavy atom. The predicted molar refractivity (Wildman–Crippen MR) is 62.9 cm³/mol. The van der Waals surface area contributed by atoms with E-state index in [1.54, 1.807) is 21.3 Å². The van der Waals surface area contributed by atoms with Gasteiger partial charge in [-0.2, -0.15) is 0 Å².